The third-order valence-corrected chi connectivity index (χ3v) is 2.96. The minimum absolute atomic E-state index is 0.0661. The van der Waals surface area contributed by atoms with Crippen molar-refractivity contribution in [3.05, 3.63) is 12.2 Å². The van der Waals surface area contributed by atoms with E-state index in [-0.39, 0.29) is 5.97 Å². The Hall–Kier alpha value is -0.790. The number of carbonyl (C=O) groups excluding carboxylic acids is 1. The molecule has 2 heteroatoms. The van der Waals surface area contributed by atoms with E-state index >= 15 is 0 Å². The molecule has 0 spiro atoms. The molecule has 0 N–H and O–H groups in total. The van der Waals surface area contributed by atoms with Crippen molar-refractivity contribution in [2.24, 2.45) is 5.92 Å². The van der Waals surface area contributed by atoms with Gasteiger partial charge >= 0.3 is 5.97 Å². The highest BCUT2D eigenvalue weighted by molar-refractivity contribution is 5.69. The van der Waals surface area contributed by atoms with Crippen LogP contribution in [-0.2, 0) is 9.53 Å². The van der Waals surface area contributed by atoms with E-state index in [4.69, 9.17) is 4.74 Å². The molecule has 0 aliphatic heterocycles. The molecule has 86 valence electrons. The zero-order valence-corrected chi connectivity index (χ0v) is 9.76. The zero-order valence-electron chi connectivity index (χ0n) is 9.76. The summed E-state index contributed by atoms with van der Waals surface area (Å²) >= 11 is 0. The lowest BCUT2D eigenvalue weighted by molar-refractivity contribution is -0.143. The number of esters is 1. The van der Waals surface area contributed by atoms with Crippen LogP contribution in [0.15, 0.2) is 12.2 Å². The van der Waals surface area contributed by atoms with E-state index in [0.717, 1.165) is 17.9 Å². The molecule has 1 aliphatic carbocycles. The third kappa shape index (κ3) is 5.60. The van der Waals surface area contributed by atoms with Crippen LogP contribution in [-0.4, -0.2) is 12.6 Å². The van der Waals surface area contributed by atoms with E-state index in [0.29, 0.717) is 13.0 Å². The van der Waals surface area contributed by atoms with E-state index in [1.165, 1.54) is 32.1 Å². The molecular weight excluding hydrogens is 188 g/mol. The third-order valence-electron chi connectivity index (χ3n) is 2.96. The van der Waals surface area contributed by atoms with Crippen molar-refractivity contribution >= 4 is 5.97 Å². The van der Waals surface area contributed by atoms with Crippen molar-refractivity contribution < 1.29 is 9.53 Å². The smallest absolute Gasteiger partial charge is 0.306 e. The Labute approximate surface area is 92.7 Å². The minimum atomic E-state index is -0.0661. The number of carbonyl (C=O) groups is 1. The Bertz CT molecular complexity index is 215. The highest BCUT2D eigenvalue weighted by Crippen LogP contribution is 2.27. The van der Waals surface area contributed by atoms with Gasteiger partial charge in [-0.2, -0.15) is 0 Å². The van der Waals surface area contributed by atoms with Crippen LogP contribution in [0, 0.1) is 5.92 Å². The summed E-state index contributed by atoms with van der Waals surface area (Å²) in [5.74, 6) is 0.694. The van der Waals surface area contributed by atoms with Crippen molar-refractivity contribution in [1.29, 1.82) is 0 Å². The van der Waals surface area contributed by atoms with Crippen LogP contribution in [0.3, 0.4) is 0 Å². The van der Waals surface area contributed by atoms with Gasteiger partial charge in [-0.3, -0.25) is 4.79 Å². The first-order valence-electron chi connectivity index (χ1n) is 5.98. The van der Waals surface area contributed by atoms with Gasteiger partial charge in [-0.15, -0.1) is 0 Å². The summed E-state index contributed by atoms with van der Waals surface area (Å²) in [6, 6.07) is 0. The van der Waals surface area contributed by atoms with Crippen molar-refractivity contribution in [3.8, 4) is 0 Å². The highest BCUT2D eigenvalue weighted by Gasteiger charge is 2.15. The van der Waals surface area contributed by atoms with E-state index in [1.807, 2.05) is 6.92 Å². The maximum Gasteiger partial charge on any atom is 0.306 e. The molecule has 15 heavy (non-hydrogen) atoms. The summed E-state index contributed by atoms with van der Waals surface area (Å²) in [6.07, 6.45) is 8.24. The maximum absolute atomic E-state index is 11.3. The molecule has 0 unspecified atom stereocenters. The monoisotopic (exact) mass is 210 g/mol. The van der Waals surface area contributed by atoms with Gasteiger partial charge in [-0.05, 0) is 24.8 Å². The van der Waals surface area contributed by atoms with Crippen LogP contribution in [0.25, 0.3) is 0 Å². The standard InChI is InChI=1S/C13H22O2/c1-11(2)10-15-13(14)9-8-12-6-4-3-5-7-12/h12H,1,3-10H2,2H3. The normalized spacial score (nSPS) is 17.4. The topological polar surface area (TPSA) is 26.3 Å². The van der Waals surface area contributed by atoms with Crippen LogP contribution < -0.4 is 0 Å². The molecular formula is C13H22O2. The summed E-state index contributed by atoms with van der Waals surface area (Å²) in [4.78, 5) is 11.3. The first kappa shape index (κ1) is 12.3. The van der Waals surface area contributed by atoms with Crippen LogP contribution in [0.2, 0.25) is 0 Å². The molecule has 0 atom stereocenters. The number of rotatable bonds is 5. The summed E-state index contributed by atoms with van der Waals surface area (Å²) < 4.78 is 5.06. The van der Waals surface area contributed by atoms with Gasteiger partial charge in [0.1, 0.15) is 6.61 Å². The maximum atomic E-state index is 11.3. The number of ether oxygens (including phenoxy) is 1. The average molecular weight is 210 g/mol. The van der Waals surface area contributed by atoms with Crippen LogP contribution in [0.4, 0.5) is 0 Å². The van der Waals surface area contributed by atoms with E-state index in [2.05, 4.69) is 6.58 Å². The Balaban J connectivity index is 2.07. The van der Waals surface area contributed by atoms with Crippen LogP contribution >= 0.6 is 0 Å². The number of hydrogen-bond acceptors (Lipinski definition) is 2. The second-order valence-corrected chi connectivity index (χ2v) is 4.66. The Morgan fingerprint density at radius 2 is 2.00 bits per heavy atom. The fourth-order valence-electron chi connectivity index (χ4n) is 2.07. The second kappa shape index (κ2) is 6.65. The SMILES string of the molecule is C=C(C)COC(=O)CCC1CCCCC1. The van der Waals surface area contributed by atoms with Crippen molar-refractivity contribution in [1.82, 2.24) is 0 Å². The molecule has 0 radical (unpaired) electrons. The highest BCUT2D eigenvalue weighted by atomic mass is 16.5. The largest absolute Gasteiger partial charge is 0.461 e. The van der Waals surface area contributed by atoms with Gasteiger partial charge in [0.05, 0.1) is 0 Å². The molecule has 0 aromatic heterocycles. The molecule has 1 fully saturated rings. The van der Waals surface area contributed by atoms with Gasteiger partial charge in [0.25, 0.3) is 0 Å². The predicted octanol–water partition coefficient (Wildman–Crippen LogP) is 3.47. The fourth-order valence-corrected chi connectivity index (χ4v) is 2.07. The molecule has 0 amide bonds. The lowest BCUT2D eigenvalue weighted by Crippen LogP contribution is -2.11. The van der Waals surface area contributed by atoms with Gasteiger partial charge < -0.3 is 4.74 Å². The predicted molar refractivity (Wildman–Crippen MR) is 61.6 cm³/mol. The quantitative estimate of drug-likeness (QED) is 0.513. The molecule has 0 aromatic rings. The van der Waals surface area contributed by atoms with E-state index in [1.54, 1.807) is 0 Å². The molecule has 1 saturated carbocycles. The molecule has 0 saturated heterocycles. The van der Waals surface area contributed by atoms with Gasteiger partial charge in [0, 0.05) is 6.42 Å². The minimum Gasteiger partial charge on any atom is -0.461 e. The average Bonchev–Trinajstić information content (AvgIpc) is 2.25. The van der Waals surface area contributed by atoms with Gasteiger partial charge in [0.15, 0.2) is 0 Å². The van der Waals surface area contributed by atoms with Crippen LogP contribution in [0.5, 0.6) is 0 Å². The summed E-state index contributed by atoms with van der Waals surface area (Å²) in [5.41, 5.74) is 0.904. The van der Waals surface area contributed by atoms with Gasteiger partial charge in [0.2, 0.25) is 0 Å². The van der Waals surface area contributed by atoms with E-state index < -0.39 is 0 Å². The molecule has 0 bridgehead atoms. The Kier molecular flexibility index (Phi) is 5.44. The summed E-state index contributed by atoms with van der Waals surface area (Å²) in [6.45, 7) is 5.95. The molecule has 0 heterocycles. The second-order valence-electron chi connectivity index (χ2n) is 4.66. The molecule has 1 rings (SSSR count). The first-order valence-corrected chi connectivity index (χ1v) is 5.98. The summed E-state index contributed by atoms with van der Waals surface area (Å²) in [5, 5.41) is 0. The van der Waals surface area contributed by atoms with Gasteiger partial charge in [-0.1, -0.05) is 38.7 Å². The lowest BCUT2D eigenvalue weighted by Gasteiger charge is -2.20. The number of hydrogen-bond donors (Lipinski definition) is 0. The van der Waals surface area contributed by atoms with Crippen molar-refractivity contribution in [3.63, 3.8) is 0 Å². The summed E-state index contributed by atoms with van der Waals surface area (Å²) in [7, 11) is 0. The van der Waals surface area contributed by atoms with Crippen LogP contribution in [0.1, 0.15) is 51.9 Å². The fraction of sp³-hybridized carbons (Fsp3) is 0.769. The lowest BCUT2D eigenvalue weighted by atomic mass is 9.86. The Morgan fingerprint density at radius 3 is 2.60 bits per heavy atom. The first-order chi connectivity index (χ1) is 7.18. The molecule has 2 nitrogen and oxygen atoms in total. The van der Waals surface area contributed by atoms with Gasteiger partial charge in [-0.25, -0.2) is 0 Å². The van der Waals surface area contributed by atoms with Crippen molar-refractivity contribution in [2.45, 2.75) is 51.9 Å². The molecule has 1 aliphatic rings. The van der Waals surface area contributed by atoms with E-state index in [9.17, 15) is 4.79 Å². The zero-order chi connectivity index (χ0) is 11.1. The molecule has 0 aromatic carbocycles. The Morgan fingerprint density at radius 1 is 1.33 bits per heavy atom. The van der Waals surface area contributed by atoms with Crippen molar-refractivity contribution in [2.75, 3.05) is 6.61 Å².